The summed E-state index contributed by atoms with van der Waals surface area (Å²) in [6.07, 6.45) is 0.970. The summed E-state index contributed by atoms with van der Waals surface area (Å²) in [5, 5.41) is 0. The number of benzene rings is 2. The molecule has 5 heteroatoms. The molecule has 0 N–H and O–H groups in total. The highest BCUT2D eigenvalue weighted by Crippen LogP contribution is 2.28. The summed E-state index contributed by atoms with van der Waals surface area (Å²) in [7, 11) is 2.86. The summed E-state index contributed by atoms with van der Waals surface area (Å²) in [5.74, 6) is 1.44. The minimum absolute atomic E-state index is 0.365. The zero-order chi connectivity index (χ0) is 17.4. The van der Waals surface area contributed by atoms with Crippen molar-refractivity contribution in [1.29, 1.82) is 0 Å². The van der Waals surface area contributed by atoms with Crippen LogP contribution < -0.4 is 14.2 Å². The van der Waals surface area contributed by atoms with Gasteiger partial charge in [-0.3, -0.25) is 0 Å². The van der Waals surface area contributed by atoms with Gasteiger partial charge in [0.15, 0.2) is 11.5 Å². The maximum Gasteiger partial charge on any atom is 0.337 e. The van der Waals surface area contributed by atoms with Crippen molar-refractivity contribution in [2.45, 2.75) is 13.3 Å². The Hall–Kier alpha value is -2.69. The van der Waals surface area contributed by atoms with Gasteiger partial charge in [0.25, 0.3) is 0 Å². The Morgan fingerprint density at radius 2 is 1.75 bits per heavy atom. The average Bonchev–Trinajstić information content (AvgIpc) is 2.64. The molecule has 0 amide bonds. The minimum atomic E-state index is -0.418. The summed E-state index contributed by atoms with van der Waals surface area (Å²) in [6, 6.07) is 12.9. The molecule has 0 bridgehead atoms. The minimum Gasteiger partial charge on any atom is -0.493 e. The highest BCUT2D eigenvalue weighted by Gasteiger charge is 2.11. The molecule has 2 aromatic carbocycles. The van der Waals surface area contributed by atoms with Gasteiger partial charge in [-0.1, -0.05) is 19.1 Å². The van der Waals surface area contributed by atoms with Crippen LogP contribution in [0.5, 0.6) is 17.2 Å². The van der Waals surface area contributed by atoms with Gasteiger partial charge in [-0.15, -0.1) is 0 Å². The van der Waals surface area contributed by atoms with Crippen molar-refractivity contribution < 1.29 is 23.7 Å². The van der Waals surface area contributed by atoms with Crippen LogP contribution in [0.15, 0.2) is 42.5 Å². The number of ether oxygens (including phenoxy) is 4. The molecule has 0 fully saturated rings. The van der Waals surface area contributed by atoms with E-state index in [1.54, 1.807) is 18.2 Å². The van der Waals surface area contributed by atoms with Crippen LogP contribution in [-0.2, 0) is 11.2 Å². The first-order valence-electron chi connectivity index (χ1n) is 7.78. The molecule has 0 unspecified atom stereocenters. The van der Waals surface area contributed by atoms with E-state index in [1.807, 2.05) is 18.2 Å². The molecular weight excluding hydrogens is 308 g/mol. The molecule has 128 valence electrons. The van der Waals surface area contributed by atoms with Crippen LogP contribution in [0.4, 0.5) is 0 Å². The van der Waals surface area contributed by atoms with Gasteiger partial charge in [0.2, 0.25) is 0 Å². The zero-order valence-corrected chi connectivity index (χ0v) is 14.2. The largest absolute Gasteiger partial charge is 0.493 e. The monoisotopic (exact) mass is 330 g/mol. The van der Waals surface area contributed by atoms with Gasteiger partial charge in [0.05, 0.1) is 19.8 Å². The molecular formula is C19H22O5. The van der Waals surface area contributed by atoms with Gasteiger partial charge in [-0.05, 0) is 42.3 Å². The second-order valence-electron chi connectivity index (χ2n) is 5.06. The molecule has 0 aromatic heterocycles. The molecule has 0 spiro atoms. The molecule has 0 saturated carbocycles. The number of hydrogen-bond donors (Lipinski definition) is 0. The van der Waals surface area contributed by atoms with Gasteiger partial charge in [-0.25, -0.2) is 4.79 Å². The zero-order valence-electron chi connectivity index (χ0n) is 14.2. The van der Waals surface area contributed by atoms with Gasteiger partial charge in [0, 0.05) is 0 Å². The molecule has 0 atom stereocenters. The summed E-state index contributed by atoms with van der Waals surface area (Å²) in [6.45, 7) is 2.88. The topological polar surface area (TPSA) is 54.0 Å². The third-order valence-electron chi connectivity index (χ3n) is 3.50. The van der Waals surface area contributed by atoms with Crippen LogP contribution in [0.25, 0.3) is 0 Å². The second-order valence-corrected chi connectivity index (χ2v) is 5.06. The lowest BCUT2D eigenvalue weighted by Crippen LogP contribution is -2.10. The van der Waals surface area contributed by atoms with Crippen LogP contribution in [0.3, 0.4) is 0 Å². The Balaban J connectivity index is 1.90. The lowest BCUT2D eigenvalue weighted by molar-refractivity contribution is 0.0600. The Labute approximate surface area is 142 Å². The molecule has 0 aliphatic rings. The Bertz CT molecular complexity index is 681. The summed E-state index contributed by atoms with van der Waals surface area (Å²) in [5.41, 5.74) is 1.64. The summed E-state index contributed by atoms with van der Waals surface area (Å²) >= 11 is 0. The molecule has 0 saturated heterocycles. The fraction of sp³-hybridized carbons (Fsp3) is 0.316. The smallest absolute Gasteiger partial charge is 0.337 e. The quantitative estimate of drug-likeness (QED) is 0.548. The van der Waals surface area contributed by atoms with E-state index in [2.05, 4.69) is 17.7 Å². The van der Waals surface area contributed by atoms with Crippen molar-refractivity contribution in [3.05, 3.63) is 53.6 Å². The predicted octanol–water partition coefficient (Wildman–Crippen LogP) is 3.50. The van der Waals surface area contributed by atoms with E-state index < -0.39 is 5.97 Å². The molecule has 0 heterocycles. The third-order valence-corrected chi connectivity index (χ3v) is 3.50. The second kappa shape index (κ2) is 8.82. The predicted molar refractivity (Wildman–Crippen MR) is 91.1 cm³/mol. The van der Waals surface area contributed by atoms with E-state index in [0.717, 1.165) is 12.2 Å². The van der Waals surface area contributed by atoms with Crippen molar-refractivity contribution in [2.75, 3.05) is 27.4 Å². The number of carbonyl (C=O) groups is 1. The number of hydrogen-bond acceptors (Lipinski definition) is 5. The first-order valence-corrected chi connectivity index (χ1v) is 7.78. The van der Waals surface area contributed by atoms with E-state index in [4.69, 9.17) is 14.2 Å². The average molecular weight is 330 g/mol. The number of carbonyl (C=O) groups excluding carboxylic acids is 1. The molecule has 0 aliphatic carbocycles. The third kappa shape index (κ3) is 4.65. The number of rotatable bonds is 8. The molecule has 0 aliphatic heterocycles. The Morgan fingerprint density at radius 1 is 0.958 bits per heavy atom. The van der Waals surface area contributed by atoms with Gasteiger partial charge >= 0.3 is 5.97 Å². The molecule has 5 nitrogen and oxygen atoms in total. The fourth-order valence-electron chi connectivity index (χ4n) is 2.20. The summed E-state index contributed by atoms with van der Waals surface area (Å²) in [4.78, 5) is 11.5. The van der Waals surface area contributed by atoms with Crippen molar-refractivity contribution in [3.8, 4) is 17.2 Å². The lowest BCUT2D eigenvalue weighted by Gasteiger charge is -2.12. The van der Waals surface area contributed by atoms with E-state index in [0.29, 0.717) is 30.3 Å². The standard InChI is InChI=1S/C19H22O5/c1-4-14-6-5-7-16(12-14)23-10-11-24-17-9-8-15(19(20)22-3)13-18(17)21-2/h5-9,12-13H,4,10-11H2,1-3H3. The normalized spacial score (nSPS) is 10.1. The van der Waals surface area contributed by atoms with Gasteiger partial charge in [0.1, 0.15) is 19.0 Å². The maximum absolute atomic E-state index is 11.5. The highest BCUT2D eigenvalue weighted by molar-refractivity contribution is 5.90. The fourth-order valence-corrected chi connectivity index (χ4v) is 2.20. The van der Waals surface area contributed by atoms with E-state index in [9.17, 15) is 4.79 Å². The SMILES string of the molecule is CCc1cccc(OCCOc2ccc(C(=O)OC)cc2OC)c1. The molecule has 0 radical (unpaired) electrons. The summed E-state index contributed by atoms with van der Waals surface area (Å²) < 4.78 is 21.3. The molecule has 2 aromatic rings. The Morgan fingerprint density at radius 3 is 2.46 bits per heavy atom. The number of esters is 1. The maximum atomic E-state index is 11.5. The lowest BCUT2D eigenvalue weighted by atomic mass is 10.2. The highest BCUT2D eigenvalue weighted by atomic mass is 16.5. The van der Waals surface area contributed by atoms with E-state index in [1.165, 1.54) is 19.8 Å². The van der Waals surface area contributed by atoms with Crippen molar-refractivity contribution >= 4 is 5.97 Å². The van der Waals surface area contributed by atoms with Crippen LogP contribution in [-0.4, -0.2) is 33.4 Å². The van der Waals surface area contributed by atoms with E-state index in [-0.39, 0.29) is 0 Å². The van der Waals surface area contributed by atoms with Crippen LogP contribution >= 0.6 is 0 Å². The van der Waals surface area contributed by atoms with Gasteiger partial charge < -0.3 is 18.9 Å². The van der Waals surface area contributed by atoms with Crippen molar-refractivity contribution in [2.24, 2.45) is 0 Å². The first-order chi connectivity index (χ1) is 11.7. The van der Waals surface area contributed by atoms with Crippen LogP contribution in [0.2, 0.25) is 0 Å². The molecule has 24 heavy (non-hydrogen) atoms. The number of methoxy groups -OCH3 is 2. The van der Waals surface area contributed by atoms with Crippen LogP contribution in [0, 0.1) is 0 Å². The van der Waals surface area contributed by atoms with Crippen molar-refractivity contribution in [1.82, 2.24) is 0 Å². The molecule has 2 rings (SSSR count). The van der Waals surface area contributed by atoms with Gasteiger partial charge in [-0.2, -0.15) is 0 Å². The Kier molecular flexibility index (Phi) is 6.49. The van der Waals surface area contributed by atoms with E-state index >= 15 is 0 Å². The first kappa shape index (κ1) is 17.7. The van der Waals surface area contributed by atoms with Crippen molar-refractivity contribution in [3.63, 3.8) is 0 Å². The van der Waals surface area contributed by atoms with Crippen LogP contribution in [0.1, 0.15) is 22.8 Å². The number of aryl methyl sites for hydroxylation is 1.